The Balaban J connectivity index is 1.81. The average molecular weight is 274 g/mol. The van der Waals surface area contributed by atoms with Gasteiger partial charge in [-0.25, -0.2) is 0 Å². The minimum absolute atomic E-state index is 0.935. The zero-order valence-electron chi connectivity index (χ0n) is 12.1. The molecule has 1 atom stereocenters. The molecular formula is C18H26S. The average Bonchev–Trinajstić information content (AvgIpc) is 2.45. The summed E-state index contributed by atoms with van der Waals surface area (Å²) in [5.41, 5.74) is 2.93. The quantitative estimate of drug-likeness (QED) is 0.468. The SMILES string of the molecule is CCCCCCC1CC=C(c2ccc(S)cc2)CC1. The maximum absolute atomic E-state index is 4.35. The van der Waals surface area contributed by atoms with Gasteiger partial charge in [0, 0.05) is 4.90 Å². The molecule has 0 aliphatic heterocycles. The van der Waals surface area contributed by atoms with Gasteiger partial charge < -0.3 is 0 Å². The number of hydrogen-bond donors (Lipinski definition) is 1. The lowest BCUT2D eigenvalue weighted by molar-refractivity contribution is 0.425. The van der Waals surface area contributed by atoms with Crippen LogP contribution in [-0.2, 0) is 0 Å². The first-order valence-electron chi connectivity index (χ1n) is 7.78. The molecule has 19 heavy (non-hydrogen) atoms. The summed E-state index contributed by atoms with van der Waals surface area (Å²) in [5.74, 6) is 0.935. The second-order valence-electron chi connectivity index (χ2n) is 5.77. The summed E-state index contributed by atoms with van der Waals surface area (Å²) < 4.78 is 0. The number of hydrogen-bond acceptors (Lipinski definition) is 1. The van der Waals surface area contributed by atoms with E-state index in [2.05, 4.69) is 49.9 Å². The van der Waals surface area contributed by atoms with Crippen LogP contribution in [0.2, 0.25) is 0 Å². The Labute approximate surface area is 123 Å². The molecule has 0 fully saturated rings. The van der Waals surface area contributed by atoms with E-state index in [4.69, 9.17) is 0 Å². The molecule has 0 saturated heterocycles. The molecule has 0 heterocycles. The van der Waals surface area contributed by atoms with Crippen LogP contribution in [-0.4, -0.2) is 0 Å². The van der Waals surface area contributed by atoms with Crippen LogP contribution in [0.4, 0.5) is 0 Å². The van der Waals surface area contributed by atoms with Crippen molar-refractivity contribution in [2.75, 3.05) is 0 Å². The highest BCUT2D eigenvalue weighted by atomic mass is 32.1. The molecule has 0 spiro atoms. The van der Waals surface area contributed by atoms with E-state index in [1.807, 2.05) is 0 Å². The lowest BCUT2D eigenvalue weighted by Gasteiger charge is -2.22. The molecule has 104 valence electrons. The number of unbranched alkanes of at least 4 members (excludes halogenated alkanes) is 3. The second kappa shape index (κ2) is 7.79. The van der Waals surface area contributed by atoms with Crippen molar-refractivity contribution in [2.45, 2.75) is 63.2 Å². The summed E-state index contributed by atoms with van der Waals surface area (Å²) in [7, 11) is 0. The fourth-order valence-electron chi connectivity index (χ4n) is 2.95. The fourth-order valence-corrected chi connectivity index (χ4v) is 3.10. The highest BCUT2D eigenvalue weighted by Crippen LogP contribution is 2.33. The number of thiol groups is 1. The van der Waals surface area contributed by atoms with Gasteiger partial charge in [0.1, 0.15) is 0 Å². The van der Waals surface area contributed by atoms with Crippen molar-refractivity contribution in [1.29, 1.82) is 0 Å². The number of benzene rings is 1. The van der Waals surface area contributed by atoms with Crippen molar-refractivity contribution in [3.05, 3.63) is 35.9 Å². The molecule has 1 aromatic carbocycles. The van der Waals surface area contributed by atoms with Gasteiger partial charge in [0.25, 0.3) is 0 Å². The summed E-state index contributed by atoms with van der Waals surface area (Å²) in [4.78, 5) is 1.05. The normalized spacial score (nSPS) is 19.3. The first-order valence-corrected chi connectivity index (χ1v) is 8.22. The van der Waals surface area contributed by atoms with Crippen LogP contribution in [0.25, 0.3) is 5.57 Å². The predicted molar refractivity (Wildman–Crippen MR) is 87.8 cm³/mol. The molecule has 0 aromatic heterocycles. The molecule has 0 saturated carbocycles. The molecule has 1 aliphatic carbocycles. The molecule has 0 radical (unpaired) electrons. The van der Waals surface area contributed by atoms with E-state index < -0.39 is 0 Å². The first kappa shape index (κ1) is 14.7. The third-order valence-corrected chi connectivity index (χ3v) is 4.52. The van der Waals surface area contributed by atoms with E-state index in [1.165, 1.54) is 62.5 Å². The molecular weight excluding hydrogens is 248 g/mol. The van der Waals surface area contributed by atoms with Gasteiger partial charge in [-0.15, -0.1) is 12.6 Å². The lowest BCUT2D eigenvalue weighted by atomic mass is 9.84. The van der Waals surface area contributed by atoms with Gasteiger partial charge in [-0.2, -0.15) is 0 Å². The molecule has 1 heteroatoms. The highest BCUT2D eigenvalue weighted by molar-refractivity contribution is 7.80. The van der Waals surface area contributed by atoms with Gasteiger partial charge in [-0.05, 0) is 48.4 Å². The topological polar surface area (TPSA) is 0 Å². The summed E-state index contributed by atoms with van der Waals surface area (Å²) in [6.45, 7) is 2.28. The van der Waals surface area contributed by atoms with Gasteiger partial charge in [0.05, 0.1) is 0 Å². The molecule has 0 bridgehead atoms. The Morgan fingerprint density at radius 2 is 1.89 bits per heavy atom. The van der Waals surface area contributed by atoms with Crippen LogP contribution in [0.5, 0.6) is 0 Å². The third kappa shape index (κ3) is 4.72. The zero-order valence-corrected chi connectivity index (χ0v) is 13.0. The number of rotatable bonds is 6. The van der Waals surface area contributed by atoms with Gasteiger partial charge in [0.15, 0.2) is 0 Å². The van der Waals surface area contributed by atoms with E-state index in [-0.39, 0.29) is 0 Å². The minimum atomic E-state index is 0.935. The smallest absolute Gasteiger partial charge is 0.00403 e. The van der Waals surface area contributed by atoms with E-state index in [0.29, 0.717) is 0 Å². The van der Waals surface area contributed by atoms with Crippen LogP contribution >= 0.6 is 12.6 Å². The Kier molecular flexibility index (Phi) is 6.03. The van der Waals surface area contributed by atoms with Crippen LogP contribution in [0.3, 0.4) is 0 Å². The van der Waals surface area contributed by atoms with Crippen molar-refractivity contribution in [3.63, 3.8) is 0 Å². The maximum atomic E-state index is 4.35. The van der Waals surface area contributed by atoms with Gasteiger partial charge in [0.2, 0.25) is 0 Å². The molecule has 0 N–H and O–H groups in total. The predicted octanol–water partition coefficient (Wildman–Crippen LogP) is 6.13. The Morgan fingerprint density at radius 1 is 1.11 bits per heavy atom. The van der Waals surface area contributed by atoms with E-state index in [1.54, 1.807) is 0 Å². The highest BCUT2D eigenvalue weighted by Gasteiger charge is 2.14. The third-order valence-electron chi connectivity index (χ3n) is 4.22. The second-order valence-corrected chi connectivity index (χ2v) is 6.28. The Bertz CT molecular complexity index is 402. The lowest BCUT2D eigenvalue weighted by Crippen LogP contribution is -2.05. The van der Waals surface area contributed by atoms with Gasteiger partial charge >= 0.3 is 0 Å². The van der Waals surface area contributed by atoms with E-state index in [9.17, 15) is 0 Å². The molecule has 1 aliphatic rings. The number of allylic oxidation sites excluding steroid dienone is 2. The summed E-state index contributed by atoms with van der Waals surface area (Å²) in [6, 6.07) is 8.59. The molecule has 1 unspecified atom stereocenters. The van der Waals surface area contributed by atoms with Crippen molar-refractivity contribution in [3.8, 4) is 0 Å². The molecule has 2 rings (SSSR count). The fraction of sp³-hybridized carbons (Fsp3) is 0.556. The summed E-state index contributed by atoms with van der Waals surface area (Å²) in [5, 5.41) is 0. The maximum Gasteiger partial charge on any atom is 0.00403 e. The first-order chi connectivity index (χ1) is 9.29. The largest absolute Gasteiger partial charge is 0.143 e. The van der Waals surface area contributed by atoms with Crippen molar-refractivity contribution in [2.24, 2.45) is 5.92 Å². The van der Waals surface area contributed by atoms with Crippen molar-refractivity contribution < 1.29 is 0 Å². The Hall–Kier alpha value is -0.690. The van der Waals surface area contributed by atoms with Crippen LogP contribution in [0.15, 0.2) is 35.2 Å². The Morgan fingerprint density at radius 3 is 2.53 bits per heavy atom. The van der Waals surface area contributed by atoms with Crippen LogP contribution in [0, 0.1) is 5.92 Å². The van der Waals surface area contributed by atoms with Gasteiger partial charge in [-0.1, -0.05) is 57.2 Å². The monoisotopic (exact) mass is 274 g/mol. The molecule has 0 nitrogen and oxygen atoms in total. The summed E-state index contributed by atoms with van der Waals surface area (Å²) in [6.07, 6.45) is 13.4. The summed E-state index contributed by atoms with van der Waals surface area (Å²) >= 11 is 4.35. The zero-order chi connectivity index (χ0) is 13.5. The van der Waals surface area contributed by atoms with Crippen molar-refractivity contribution >= 4 is 18.2 Å². The van der Waals surface area contributed by atoms with E-state index >= 15 is 0 Å². The molecule has 1 aromatic rings. The van der Waals surface area contributed by atoms with Crippen LogP contribution in [0.1, 0.15) is 63.9 Å². The van der Waals surface area contributed by atoms with Gasteiger partial charge in [-0.3, -0.25) is 0 Å². The van der Waals surface area contributed by atoms with Crippen molar-refractivity contribution in [1.82, 2.24) is 0 Å². The minimum Gasteiger partial charge on any atom is -0.143 e. The standard InChI is InChI=1S/C18H26S/c1-2-3-4-5-6-15-7-9-16(10-8-15)17-11-13-18(19)14-12-17/h9,11-15,19H,2-8,10H2,1H3. The van der Waals surface area contributed by atoms with E-state index in [0.717, 1.165) is 10.8 Å². The molecule has 0 amide bonds. The van der Waals surface area contributed by atoms with Crippen LogP contribution < -0.4 is 0 Å².